The Morgan fingerprint density at radius 3 is 2.61 bits per heavy atom. The summed E-state index contributed by atoms with van der Waals surface area (Å²) >= 11 is 3.27. The molecule has 0 amide bonds. The summed E-state index contributed by atoms with van der Waals surface area (Å²) in [4.78, 5) is 4.22. The van der Waals surface area contributed by atoms with Gasteiger partial charge in [0, 0.05) is 24.9 Å². The van der Waals surface area contributed by atoms with Crippen LogP contribution >= 0.6 is 15.9 Å². The number of aromatic nitrogens is 1. The second-order valence-electron chi connectivity index (χ2n) is 5.69. The van der Waals surface area contributed by atoms with Crippen LogP contribution in [-0.2, 0) is 16.6 Å². The Balaban J connectivity index is 1.64. The lowest BCUT2D eigenvalue weighted by molar-refractivity contribution is 0.411. The predicted octanol–water partition coefficient (Wildman–Crippen LogP) is 4.26. The number of nitrogens with one attached hydrogen (secondary N) is 1. The van der Waals surface area contributed by atoms with E-state index in [2.05, 4.69) is 25.6 Å². The highest BCUT2D eigenvalue weighted by Gasteiger charge is 2.16. The maximum absolute atomic E-state index is 13.2. The third kappa shape index (κ3) is 5.06. The van der Waals surface area contributed by atoms with Gasteiger partial charge in [0.05, 0.1) is 16.5 Å². The second kappa shape index (κ2) is 8.68. The van der Waals surface area contributed by atoms with E-state index in [1.54, 1.807) is 24.3 Å². The predicted molar refractivity (Wildman–Crippen MR) is 105 cm³/mol. The SMILES string of the molecule is COc1ccc(S(=O)(=O)NCc2ccc(Oc3cccc(F)c3)nc2)cc1Br. The maximum atomic E-state index is 13.2. The molecule has 0 fully saturated rings. The number of rotatable bonds is 7. The van der Waals surface area contributed by atoms with E-state index in [9.17, 15) is 12.8 Å². The summed E-state index contributed by atoms with van der Waals surface area (Å²) < 4.78 is 51.7. The smallest absolute Gasteiger partial charge is 0.240 e. The van der Waals surface area contributed by atoms with Crippen LogP contribution in [0.3, 0.4) is 0 Å². The van der Waals surface area contributed by atoms with Crippen LogP contribution in [0, 0.1) is 5.82 Å². The molecular weight excluding hydrogens is 451 g/mol. The highest BCUT2D eigenvalue weighted by atomic mass is 79.9. The van der Waals surface area contributed by atoms with Gasteiger partial charge in [0.1, 0.15) is 17.3 Å². The molecule has 146 valence electrons. The van der Waals surface area contributed by atoms with Crippen molar-refractivity contribution in [2.75, 3.05) is 7.11 Å². The van der Waals surface area contributed by atoms with Crippen LogP contribution in [0.4, 0.5) is 4.39 Å². The Labute approximate surface area is 170 Å². The maximum Gasteiger partial charge on any atom is 0.240 e. The number of pyridine rings is 1. The number of sulfonamides is 1. The zero-order valence-corrected chi connectivity index (χ0v) is 17.1. The fourth-order valence-corrected chi connectivity index (χ4v) is 4.04. The molecule has 0 aliphatic carbocycles. The van der Waals surface area contributed by atoms with Crippen LogP contribution in [0.2, 0.25) is 0 Å². The highest BCUT2D eigenvalue weighted by molar-refractivity contribution is 9.10. The molecule has 0 unspecified atom stereocenters. The van der Waals surface area contributed by atoms with Gasteiger partial charge in [-0.15, -0.1) is 0 Å². The van der Waals surface area contributed by atoms with Crippen LogP contribution in [0.15, 0.2) is 70.2 Å². The molecule has 3 aromatic rings. The zero-order chi connectivity index (χ0) is 20.1. The number of benzene rings is 2. The van der Waals surface area contributed by atoms with Crippen molar-refractivity contribution < 1.29 is 22.3 Å². The number of hydrogen-bond donors (Lipinski definition) is 1. The van der Waals surface area contributed by atoms with Gasteiger partial charge in [0.2, 0.25) is 15.9 Å². The standard InChI is InChI=1S/C19H16BrFN2O4S/c1-26-18-7-6-16(10-17(18)20)28(24,25)23-12-13-5-8-19(22-11-13)27-15-4-2-3-14(21)9-15/h2-11,23H,12H2,1H3. The van der Waals surface area contributed by atoms with Crippen molar-refractivity contribution in [1.82, 2.24) is 9.71 Å². The van der Waals surface area contributed by atoms with E-state index in [1.165, 1.54) is 43.6 Å². The van der Waals surface area contributed by atoms with Crippen molar-refractivity contribution in [3.05, 3.63) is 76.6 Å². The van der Waals surface area contributed by atoms with Crippen LogP contribution in [0.25, 0.3) is 0 Å². The fraction of sp³-hybridized carbons (Fsp3) is 0.105. The van der Waals surface area contributed by atoms with Gasteiger partial charge in [0.15, 0.2) is 0 Å². The van der Waals surface area contributed by atoms with Crippen molar-refractivity contribution in [2.24, 2.45) is 0 Å². The van der Waals surface area contributed by atoms with Gasteiger partial charge in [-0.2, -0.15) is 0 Å². The Morgan fingerprint density at radius 2 is 1.96 bits per heavy atom. The van der Waals surface area contributed by atoms with E-state index in [1.807, 2.05) is 0 Å². The van der Waals surface area contributed by atoms with Crippen LogP contribution in [-0.4, -0.2) is 20.5 Å². The van der Waals surface area contributed by atoms with Crippen molar-refractivity contribution >= 4 is 26.0 Å². The van der Waals surface area contributed by atoms with Gasteiger partial charge in [0.25, 0.3) is 0 Å². The van der Waals surface area contributed by atoms with E-state index < -0.39 is 15.8 Å². The first-order valence-electron chi connectivity index (χ1n) is 8.09. The molecule has 0 spiro atoms. The largest absolute Gasteiger partial charge is 0.496 e. The van der Waals surface area contributed by atoms with Crippen molar-refractivity contribution in [3.63, 3.8) is 0 Å². The average Bonchev–Trinajstić information content (AvgIpc) is 2.67. The monoisotopic (exact) mass is 466 g/mol. The lowest BCUT2D eigenvalue weighted by atomic mass is 10.3. The molecule has 0 saturated heterocycles. The van der Waals surface area contributed by atoms with Crippen molar-refractivity contribution in [3.8, 4) is 17.4 Å². The molecule has 1 aromatic heterocycles. The first kappa shape index (κ1) is 20.2. The van der Waals surface area contributed by atoms with Crippen LogP contribution in [0.5, 0.6) is 17.4 Å². The lowest BCUT2D eigenvalue weighted by Crippen LogP contribution is -2.23. The number of halogens is 2. The van der Waals surface area contributed by atoms with Crippen molar-refractivity contribution in [2.45, 2.75) is 11.4 Å². The van der Waals surface area contributed by atoms with Gasteiger partial charge >= 0.3 is 0 Å². The Kier molecular flexibility index (Phi) is 6.28. The molecule has 0 aliphatic heterocycles. The normalized spacial score (nSPS) is 11.2. The van der Waals surface area contributed by atoms with E-state index in [0.717, 1.165) is 0 Å². The summed E-state index contributed by atoms with van der Waals surface area (Å²) in [5.41, 5.74) is 0.641. The molecular formula is C19H16BrFN2O4S. The molecule has 9 heteroatoms. The third-order valence-corrected chi connectivity index (χ3v) is 5.73. The van der Waals surface area contributed by atoms with Gasteiger partial charge < -0.3 is 9.47 Å². The summed E-state index contributed by atoms with van der Waals surface area (Å²) in [6, 6.07) is 13.5. The summed E-state index contributed by atoms with van der Waals surface area (Å²) in [6.07, 6.45) is 1.49. The van der Waals surface area contributed by atoms with Gasteiger partial charge in [-0.05, 0) is 51.8 Å². The van der Waals surface area contributed by atoms with E-state index in [0.29, 0.717) is 21.5 Å². The van der Waals surface area contributed by atoms with E-state index in [4.69, 9.17) is 9.47 Å². The first-order valence-corrected chi connectivity index (χ1v) is 10.4. The van der Waals surface area contributed by atoms with E-state index in [-0.39, 0.29) is 17.3 Å². The molecule has 0 bridgehead atoms. The van der Waals surface area contributed by atoms with Gasteiger partial charge in [-0.3, -0.25) is 0 Å². The van der Waals surface area contributed by atoms with Crippen molar-refractivity contribution in [1.29, 1.82) is 0 Å². The van der Waals surface area contributed by atoms with Crippen LogP contribution in [0.1, 0.15) is 5.56 Å². The number of hydrogen-bond acceptors (Lipinski definition) is 5. The Bertz CT molecular complexity index is 1080. The molecule has 28 heavy (non-hydrogen) atoms. The second-order valence-corrected chi connectivity index (χ2v) is 8.31. The number of nitrogens with zero attached hydrogens (tertiary/aromatic N) is 1. The molecule has 2 aromatic carbocycles. The quantitative estimate of drug-likeness (QED) is 0.562. The Morgan fingerprint density at radius 1 is 1.14 bits per heavy atom. The molecule has 1 heterocycles. The zero-order valence-electron chi connectivity index (χ0n) is 14.7. The van der Waals surface area contributed by atoms with E-state index >= 15 is 0 Å². The molecule has 1 N–H and O–H groups in total. The molecule has 0 atom stereocenters. The molecule has 6 nitrogen and oxygen atoms in total. The number of methoxy groups -OCH3 is 1. The first-order chi connectivity index (χ1) is 13.4. The number of ether oxygens (including phenoxy) is 2. The summed E-state index contributed by atoms with van der Waals surface area (Å²) in [7, 11) is -2.20. The Hall–Kier alpha value is -2.49. The summed E-state index contributed by atoms with van der Waals surface area (Å²) in [6.45, 7) is 0.0548. The molecule has 0 radical (unpaired) electrons. The molecule has 0 aliphatic rings. The molecule has 3 rings (SSSR count). The lowest BCUT2D eigenvalue weighted by Gasteiger charge is -2.09. The molecule has 0 saturated carbocycles. The van der Waals surface area contributed by atoms with Gasteiger partial charge in [-0.1, -0.05) is 12.1 Å². The fourth-order valence-electron chi connectivity index (χ4n) is 2.30. The minimum absolute atomic E-state index is 0.0548. The van der Waals surface area contributed by atoms with Crippen LogP contribution < -0.4 is 14.2 Å². The minimum Gasteiger partial charge on any atom is -0.496 e. The highest BCUT2D eigenvalue weighted by Crippen LogP contribution is 2.27. The topological polar surface area (TPSA) is 77.5 Å². The summed E-state index contributed by atoms with van der Waals surface area (Å²) in [5, 5.41) is 0. The summed E-state index contributed by atoms with van der Waals surface area (Å²) in [5.74, 6) is 0.730. The third-order valence-electron chi connectivity index (χ3n) is 3.72. The van der Waals surface area contributed by atoms with Gasteiger partial charge in [-0.25, -0.2) is 22.5 Å². The minimum atomic E-state index is -3.71. The average molecular weight is 467 g/mol.